The molecule has 80 valence electrons. The maximum atomic E-state index is 10.4. The number of hydrogen-bond acceptors (Lipinski definition) is 1. The van der Waals surface area contributed by atoms with E-state index in [0.29, 0.717) is 17.3 Å². The molecule has 1 rings (SSSR count). The van der Waals surface area contributed by atoms with Gasteiger partial charge in [0.1, 0.15) is 0 Å². The first-order chi connectivity index (χ1) is 6.50. The molecule has 0 bridgehead atoms. The summed E-state index contributed by atoms with van der Waals surface area (Å²) in [4.78, 5) is 10.4. The second-order valence-electron chi connectivity index (χ2n) is 4.79. The highest BCUT2D eigenvalue weighted by atomic mass is 16.4. The summed E-state index contributed by atoms with van der Waals surface area (Å²) in [6, 6.07) is 0. The molecule has 0 aromatic rings. The molecule has 2 nitrogen and oxygen atoms in total. The van der Waals surface area contributed by atoms with Gasteiger partial charge in [-0.2, -0.15) is 0 Å². The van der Waals surface area contributed by atoms with E-state index in [1.807, 2.05) is 6.08 Å². The highest BCUT2D eigenvalue weighted by molar-refractivity contribution is 5.79. The zero-order valence-corrected chi connectivity index (χ0v) is 9.29. The summed E-state index contributed by atoms with van der Waals surface area (Å²) < 4.78 is 0. The van der Waals surface area contributed by atoms with Crippen molar-refractivity contribution in [3.05, 3.63) is 12.2 Å². The van der Waals surface area contributed by atoms with Crippen molar-refractivity contribution < 1.29 is 9.90 Å². The maximum Gasteiger partial charge on any atom is 0.327 e. The Kier molecular flexibility index (Phi) is 3.35. The average molecular weight is 196 g/mol. The Morgan fingerprint density at radius 2 is 2.14 bits per heavy atom. The zero-order valence-electron chi connectivity index (χ0n) is 9.29. The van der Waals surface area contributed by atoms with Gasteiger partial charge in [0.05, 0.1) is 0 Å². The van der Waals surface area contributed by atoms with E-state index in [1.54, 1.807) is 0 Å². The Balaban J connectivity index is 2.44. The van der Waals surface area contributed by atoms with Gasteiger partial charge in [-0.3, -0.25) is 0 Å². The molecule has 1 fully saturated rings. The summed E-state index contributed by atoms with van der Waals surface area (Å²) in [6.45, 7) is 6.64. The summed E-state index contributed by atoms with van der Waals surface area (Å²) in [6.07, 6.45) is 6.87. The molecule has 1 aliphatic rings. The van der Waals surface area contributed by atoms with Crippen LogP contribution in [0.15, 0.2) is 12.2 Å². The van der Waals surface area contributed by atoms with E-state index in [1.165, 1.54) is 25.3 Å². The molecule has 0 amide bonds. The third-order valence-electron chi connectivity index (χ3n) is 3.45. The number of hydrogen-bond donors (Lipinski definition) is 1. The molecule has 0 spiro atoms. The second-order valence-corrected chi connectivity index (χ2v) is 4.79. The van der Waals surface area contributed by atoms with Crippen molar-refractivity contribution in [1.82, 2.24) is 0 Å². The monoisotopic (exact) mass is 196 g/mol. The molecule has 0 heterocycles. The Morgan fingerprint density at radius 3 is 2.64 bits per heavy atom. The number of carboxylic acids is 1. The van der Waals surface area contributed by atoms with Crippen LogP contribution in [-0.2, 0) is 4.79 Å². The summed E-state index contributed by atoms with van der Waals surface area (Å²) in [5.74, 6) is 0.338. The molecular formula is C12H20O2. The lowest BCUT2D eigenvalue weighted by Crippen LogP contribution is -1.90. The molecule has 1 aliphatic carbocycles. The van der Waals surface area contributed by atoms with Gasteiger partial charge < -0.3 is 5.11 Å². The largest absolute Gasteiger partial charge is 0.478 e. The topological polar surface area (TPSA) is 37.3 Å². The molecule has 2 unspecified atom stereocenters. The SMILES string of the molecule is CCCCC1C(/C=C/C(=O)O)C1(C)C. The number of allylic oxidation sites excluding steroid dienone is 1. The molecule has 0 aromatic carbocycles. The highest BCUT2D eigenvalue weighted by Gasteiger charge is 2.54. The summed E-state index contributed by atoms with van der Waals surface area (Å²) in [7, 11) is 0. The molecule has 0 aliphatic heterocycles. The van der Waals surface area contributed by atoms with Crippen LogP contribution in [0.2, 0.25) is 0 Å². The molecule has 1 N–H and O–H groups in total. The fraction of sp³-hybridized carbons (Fsp3) is 0.750. The van der Waals surface area contributed by atoms with Crippen molar-refractivity contribution in [3.63, 3.8) is 0 Å². The van der Waals surface area contributed by atoms with Gasteiger partial charge in [-0.15, -0.1) is 0 Å². The predicted molar refractivity (Wildman–Crippen MR) is 57.1 cm³/mol. The first kappa shape index (κ1) is 11.3. The van der Waals surface area contributed by atoms with E-state index < -0.39 is 5.97 Å². The highest BCUT2D eigenvalue weighted by Crippen LogP contribution is 2.61. The van der Waals surface area contributed by atoms with E-state index in [-0.39, 0.29) is 0 Å². The quantitative estimate of drug-likeness (QED) is 0.686. The van der Waals surface area contributed by atoms with Crippen LogP contribution in [0.1, 0.15) is 40.0 Å². The van der Waals surface area contributed by atoms with Crippen LogP contribution in [0.5, 0.6) is 0 Å². The van der Waals surface area contributed by atoms with Crippen molar-refractivity contribution in [3.8, 4) is 0 Å². The van der Waals surface area contributed by atoms with Crippen molar-refractivity contribution in [1.29, 1.82) is 0 Å². The third kappa shape index (κ3) is 2.37. The Labute approximate surface area is 86.0 Å². The van der Waals surface area contributed by atoms with Crippen LogP contribution >= 0.6 is 0 Å². The minimum Gasteiger partial charge on any atom is -0.478 e. The molecule has 0 aromatic heterocycles. The van der Waals surface area contributed by atoms with Gasteiger partial charge in [0, 0.05) is 6.08 Å². The molecule has 1 saturated carbocycles. The smallest absolute Gasteiger partial charge is 0.327 e. The van der Waals surface area contributed by atoms with Crippen LogP contribution < -0.4 is 0 Å². The van der Waals surface area contributed by atoms with Crippen LogP contribution in [0.3, 0.4) is 0 Å². The lowest BCUT2D eigenvalue weighted by atomic mass is 10.1. The summed E-state index contributed by atoms with van der Waals surface area (Å²) >= 11 is 0. The van der Waals surface area contributed by atoms with Gasteiger partial charge in [0.25, 0.3) is 0 Å². The van der Waals surface area contributed by atoms with Gasteiger partial charge in [-0.1, -0.05) is 39.7 Å². The van der Waals surface area contributed by atoms with E-state index in [0.717, 1.165) is 0 Å². The number of aliphatic carboxylic acids is 1. The van der Waals surface area contributed by atoms with Gasteiger partial charge in [-0.25, -0.2) is 4.79 Å². The van der Waals surface area contributed by atoms with Crippen molar-refractivity contribution in [2.75, 3.05) is 0 Å². The Morgan fingerprint density at radius 1 is 1.50 bits per heavy atom. The van der Waals surface area contributed by atoms with Crippen LogP contribution in [0.25, 0.3) is 0 Å². The minimum absolute atomic E-state index is 0.321. The number of carboxylic acid groups (broad SMARTS) is 1. The molecule has 2 heteroatoms. The molecule has 14 heavy (non-hydrogen) atoms. The number of carbonyl (C=O) groups is 1. The van der Waals surface area contributed by atoms with E-state index in [9.17, 15) is 4.79 Å². The third-order valence-corrected chi connectivity index (χ3v) is 3.45. The van der Waals surface area contributed by atoms with E-state index in [2.05, 4.69) is 20.8 Å². The Bertz CT molecular complexity index is 241. The maximum absolute atomic E-state index is 10.4. The second kappa shape index (κ2) is 4.16. The van der Waals surface area contributed by atoms with E-state index >= 15 is 0 Å². The normalized spacial score (nSPS) is 29.4. The fourth-order valence-corrected chi connectivity index (χ4v) is 2.33. The van der Waals surface area contributed by atoms with E-state index in [4.69, 9.17) is 5.11 Å². The minimum atomic E-state index is -0.832. The predicted octanol–water partition coefficient (Wildman–Crippen LogP) is 3.09. The standard InChI is InChI=1S/C12H20O2/c1-4-5-6-9-10(12(9,2)3)7-8-11(13)14/h7-10H,4-6H2,1-3H3,(H,13,14)/b8-7+. The zero-order chi connectivity index (χ0) is 10.8. The van der Waals surface area contributed by atoms with Crippen molar-refractivity contribution >= 4 is 5.97 Å². The number of rotatable bonds is 5. The summed E-state index contributed by atoms with van der Waals surface area (Å²) in [5, 5.41) is 8.54. The summed E-state index contributed by atoms with van der Waals surface area (Å²) in [5.41, 5.74) is 0.321. The molecular weight excluding hydrogens is 176 g/mol. The van der Waals surface area contributed by atoms with Gasteiger partial charge in [0.15, 0.2) is 0 Å². The van der Waals surface area contributed by atoms with Crippen molar-refractivity contribution in [2.45, 2.75) is 40.0 Å². The van der Waals surface area contributed by atoms with Crippen molar-refractivity contribution in [2.24, 2.45) is 17.3 Å². The Hall–Kier alpha value is -0.790. The first-order valence-corrected chi connectivity index (χ1v) is 5.41. The lowest BCUT2D eigenvalue weighted by molar-refractivity contribution is -0.131. The van der Waals surface area contributed by atoms with Crippen LogP contribution in [0.4, 0.5) is 0 Å². The van der Waals surface area contributed by atoms with Crippen LogP contribution in [0, 0.1) is 17.3 Å². The molecule has 0 saturated heterocycles. The van der Waals surface area contributed by atoms with Gasteiger partial charge >= 0.3 is 5.97 Å². The molecule has 0 radical (unpaired) electrons. The van der Waals surface area contributed by atoms with Gasteiger partial charge in [0.2, 0.25) is 0 Å². The molecule has 2 atom stereocenters. The lowest BCUT2D eigenvalue weighted by Gasteiger charge is -1.99. The average Bonchev–Trinajstić information content (AvgIpc) is 2.60. The first-order valence-electron chi connectivity index (χ1n) is 5.41. The number of unbranched alkanes of at least 4 members (excludes halogenated alkanes) is 1. The van der Waals surface area contributed by atoms with Crippen LogP contribution in [-0.4, -0.2) is 11.1 Å². The van der Waals surface area contributed by atoms with Gasteiger partial charge in [-0.05, 0) is 23.7 Å². The fourth-order valence-electron chi connectivity index (χ4n) is 2.33.